The quantitative estimate of drug-likeness (QED) is 0.0536. The molecule has 20 nitrogen and oxygen atoms in total. The van der Waals surface area contributed by atoms with Crippen molar-refractivity contribution in [1.82, 2.24) is 48.0 Å². The fourth-order valence-electron chi connectivity index (χ4n) is 9.42. The second-order valence-electron chi connectivity index (χ2n) is 20.2. The minimum Gasteiger partial charge on any atom is -0.457 e. The molecule has 0 unspecified atom stereocenters. The lowest BCUT2D eigenvalue weighted by Gasteiger charge is -2.16. The molecule has 0 atom stereocenters. The van der Waals surface area contributed by atoms with Crippen LogP contribution in [-0.4, -0.2) is 113 Å². The number of ether oxygens (including phenoxy) is 2. The lowest BCUT2D eigenvalue weighted by Crippen LogP contribution is -2.25. The predicted octanol–water partition coefficient (Wildman–Crippen LogP) is 9.95. The molecule has 5 N–H and O–H groups in total. The molecule has 2 fully saturated rings. The van der Waals surface area contributed by atoms with Crippen LogP contribution in [0.1, 0.15) is 25.7 Å². The van der Waals surface area contributed by atoms with E-state index >= 15 is 0 Å². The van der Waals surface area contributed by atoms with Crippen LogP contribution in [-0.2, 0) is 9.59 Å². The molecule has 12 rings (SSSR count). The summed E-state index contributed by atoms with van der Waals surface area (Å²) in [6.07, 6.45) is 14.4. The Balaban J connectivity index is 0.000000164. The number of para-hydroxylation sites is 2. The number of imidazole rings is 2. The number of fused-ring (bicyclic) bond motifs is 2. The Morgan fingerprint density at radius 3 is 1.32 bits per heavy atom. The summed E-state index contributed by atoms with van der Waals surface area (Å²) in [7, 11) is 7.69. The van der Waals surface area contributed by atoms with Gasteiger partial charge in [0.05, 0.1) is 22.7 Å². The van der Waals surface area contributed by atoms with Gasteiger partial charge in [-0.25, -0.2) is 38.7 Å². The number of amides is 1. The first-order valence-corrected chi connectivity index (χ1v) is 27.9. The zero-order chi connectivity index (χ0) is 59.6. The van der Waals surface area contributed by atoms with Crippen molar-refractivity contribution in [3.8, 4) is 45.7 Å². The number of benzene rings is 6. The van der Waals surface area contributed by atoms with Crippen molar-refractivity contribution < 1.29 is 19.1 Å². The van der Waals surface area contributed by atoms with E-state index in [4.69, 9.17) is 32.5 Å². The summed E-state index contributed by atoms with van der Waals surface area (Å²) in [4.78, 5) is 73.4. The molecule has 4 aromatic heterocycles. The average molecular weight is 1160 g/mol. The van der Waals surface area contributed by atoms with E-state index < -0.39 is 5.24 Å². The Hall–Kier alpha value is -10.2. The van der Waals surface area contributed by atoms with E-state index in [2.05, 4.69) is 49.1 Å². The van der Waals surface area contributed by atoms with E-state index in [1.807, 2.05) is 98.1 Å². The number of anilines is 4. The summed E-state index contributed by atoms with van der Waals surface area (Å²) in [5.74, 6) is 3.01. The Kier molecular flexibility index (Phi) is 18.0. The molecule has 6 aromatic carbocycles. The molecule has 2 aliphatic rings. The molecule has 0 bridgehead atoms. The molecule has 85 heavy (non-hydrogen) atoms. The van der Waals surface area contributed by atoms with E-state index in [-0.39, 0.29) is 28.9 Å². The molecule has 432 valence electrons. The van der Waals surface area contributed by atoms with Gasteiger partial charge in [0.2, 0.25) is 11.1 Å². The lowest BCUT2D eigenvalue weighted by atomic mass is 10.2. The van der Waals surface area contributed by atoms with Crippen molar-refractivity contribution in [1.29, 1.82) is 0 Å². The second kappa shape index (κ2) is 26.4. The maximum atomic E-state index is 13.9. The molecule has 2 saturated carbocycles. The van der Waals surface area contributed by atoms with E-state index in [1.165, 1.54) is 62.7 Å². The van der Waals surface area contributed by atoms with Crippen LogP contribution in [0.3, 0.4) is 0 Å². The molecule has 0 saturated heterocycles. The van der Waals surface area contributed by atoms with Crippen LogP contribution in [0.25, 0.3) is 45.1 Å². The number of hydrogen-bond donors (Lipinski definition) is 3. The highest BCUT2D eigenvalue weighted by Crippen LogP contribution is 2.30. The Morgan fingerprint density at radius 1 is 0.541 bits per heavy atom. The SMILES string of the molecule is CN(C(=O)/C=C/CN(C)C1CC1)c1ccc(-n2c(=O)n(-c3ccc(Oc4ccccc4)cc3)c3c(N)ncnc32)cc1.CN(C/C=C/C(=O)Cl)C1CC1.CNc1ccc(-n2c(=O)n(-c3ccc(Oc4ccccc4)cc3)c3c(N)ncnc32)cc1. The topological polar surface area (TPSA) is 232 Å². The predicted molar refractivity (Wildman–Crippen MR) is 334 cm³/mol. The molecule has 4 heterocycles. The number of hydrogen-bond acceptors (Lipinski definition) is 15. The minimum atomic E-state index is -0.394. The van der Waals surface area contributed by atoms with E-state index in [1.54, 1.807) is 96.9 Å². The Labute approximate surface area is 495 Å². The van der Waals surface area contributed by atoms with Crippen LogP contribution in [0, 0.1) is 0 Å². The molecule has 0 spiro atoms. The van der Waals surface area contributed by atoms with Gasteiger partial charge in [-0.2, -0.15) is 0 Å². The summed E-state index contributed by atoms with van der Waals surface area (Å²) in [5.41, 5.74) is 17.6. The number of allylic oxidation sites excluding steroid dienone is 1. The standard InChI is InChI=1S/C32H31N7O3.C24H20N6O2.C8H12ClNO/c1-36(22-10-11-22)20-6-9-28(40)37(2)23-12-14-25(15-13-23)39-31-29(30(33)34-21-35-31)38(32(39)41)24-16-18-27(19-17-24)42-26-7-4-3-5-8-26;1-26-16-7-9-18(10-8-16)30-23-21(22(25)27-15-28-23)29(24(30)31)17-11-13-20(14-12-17)32-19-5-3-2-4-6-19;1-10(7-4-5-7)6-2-3-8(9)11/h3-9,12-19,21-22H,10-11,20H2,1-2H3,(H2,33,34,35);2-15,26H,1H3,(H2,25,27,28);2-3,7H,4-6H2,1H3/b9-6+;;3-2+. The molecule has 0 radical (unpaired) electrons. The first-order chi connectivity index (χ1) is 41.3. The summed E-state index contributed by atoms with van der Waals surface area (Å²) in [5, 5.41) is 2.68. The van der Waals surface area contributed by atoms with Crippen molar-refractivity contribution in [2.45, 2.75) is 37.8 Å². The number of nitrogens with one attached hydrogen (secondary N) is 1. The summed E-state index contributed by atoms with van der Waals surface area (Å²) in [6.45, 7) is 1.56. The monoisotopic (exact) mass is 1160 g/mol. The Morgan fingerprint density at radius 2 is 0.918 bits per heavy atom. The summed E-state index contributed by atoms with van der Waals surface area (Å²) in [6, 6.07) is 49.4. The van der Waals surface area contributed by atoms with Gasteiger partial charge in [0, 0.05) is 56.7 Å². The number of nitrogens with two attached hydrogens (primary N) is 2. The first kappa shape index (κ1) is 58.1. The van der Waals surface area contributed by atoms with Crippen LogP contribution in [0.15, 0.2) is 204 Å². The van der Waals surface area contributed by atoms with Crippen molar-refractivity contribution in [3.05, 3.63) is 216 Å². The molecule has 1 amide bonds. The zero-order valence-electron chi connectivity index (χ0n) is 47.3. The van der Waals surface area contributed by atoms with Gasteiger partial charge >= 0.3 is 11.4 Å². The van der Waals surface area contributed by atoms with E-state index in [0.717, 1.165) is 30.6 Å². The van der Waals surface area contributed by atoms with Crippen LogP contribution in [0.5, 0.6) is 23.0 Å². The highest BCUT2D eigenvalue weighted by atomic mass is 35.5. The molecule has 10 aromatic rings. The average Bonchev–Trinajstić information content (AvgIpc) is 3.28. The molecule has 0 aliphatic heterocycles. The minimum absolute atomic E-state index is 0.124. The van der Waals surface area contributed by atoms with Crippen molar-refractivity contribution in [3.63, 3.8) is 0 Å². The number of carbonyl (C=O) groups excluding carboxylic acids is 2. The summed E-state index contributed by atoms with van der Waals surface area (Å²) < 4.78 is 17.8. The van der Waals surface area contributed by atoms with Crippen molar-refractivity contribution in [2.75, 3.05) is 63.0 Å². The van der Waals surface area contributed by atoms with E-state index in [0.29, 0.717) is 74.1 Å². The molecule has 2 aliphatic carbocycles. The highest BCUT2D eigenvalue weighted by molar-refractivity contribution is 6.66. The van der Waals surface area contributed by atoms with Gasteiger partial charge in [-0.15, -0.1) is 0 Å². The highest BCUT2D eigenvalue weighted by Gasteiger charge is 2.26. The number of nitrogens with zero attached hydrogens (tertiary/aromatic N) is 11. The third kappa shape index (κ3) is 13.9. The lowest BCUT2D eigenvalue weighted by molar-refractivity contribution is -0.114. The van der Waals surface area contributed by atoms with Gasteiger partial charge in [0.25, 0.3) is 0 Å². The zero-order valence-corrected chi connectivity index (χ0v) is 48.0. The summed E-state index contributed by atoms with van der Waals surface area (Å²) >= 11 is 5.11. The molecule has 21 heteroatoms. The fraction of sp³-hybridized carbons (Fsp3) is 0.188. The maximum Gasteiger partial charge on any atom is 0.339 e. The normalized spacial score (nSPS) is 13.0. The third-order valence-corrected chi connectivity index (χ3v) is 14.4. The van der Waals surface area contributed by atoms with Gasteiger partial charge in [0.15, 0.2) is 22.9 Å². The van der Waals surface area contributed by atoms with Gasteiger partial charge in [0.1, 0.15) is 46.7 Å². The number of likely N-dealkylation sites (N-methyl/N-ethyl adjacent to an activating group) is 3. The fourth-order valence-corrected chi connectivity index (χ4v) is 9.51. The van der Waals surface area contributed by atoms with Gasteiger partial charge in [-0.1, -0.05) is 48.6 Å². The van der Waals surface area contributed by atoms with Crippen molar-refractivity contribution >= 4 is 68.1 Å². The second-order valence-corrected chi connectivity index (χ2v) is 20.6. The largest absolute Gasteiger partial charge is 0.457 e. The van der Waals surface area contributed by atoms with Gasteiger partial charge in [-0.05, 0) is 179 Å². The van der Waals surface area contributed by atoms with Crippen LogP contribution in [0.2, 0.25) is 0 Å². The van der Waals surface area contributed by atoms with Crippen molar-refractivity contribution in [2.24, 2.45) is 0 Å². The first-order valence-electron chi connectivity index (χ1n) is 27.5. The number of halogens is 1. The number of aromatic nitrogens is 8. The molecular formula is C64H63ClN14O6. The van der Waals surface area contributed by atoms with Crippen LogP contribution in [0.4, 0.5) is 23.0 Å². The Bertz CT molecular complexity index is 4120. The molecular weight excluding hydrogens is 1100 g/mol. The number of rotatable bonds is 18. The van der Waals surface area contributed by atoms with Crippen LogP contribution >= 0.6 is 11.6 Å². The smallest absolute Gasteiger partial charge is 0.339 e. The van der Waals surface area contributed by atoms with E-state index in [9.17, 15) is 19.2 Å². The van der Waals surface area contributed by atoms with Crippen LogP contribution < -0.4 is 42.5 Å². The maximum absolute atomic E-state index is 13.9. The van der Waals surface area contributed by atoms with Gasteiger partial charge in [-0.3, -0.25) is 28.5 Å². The number of carbonyl (C=O) groups is 2. The van der Waals surface area contributed by atoms with Gasteiger partial charge < -0.3 is 31.2 Å². The number of nitrogen functional groups attached to an aromatic ring is 2. The third-order valence-electron chi connectivity index (χ3n) is 14.3.